The molecule has 1 saturated heterocycles. The molecule has 158 valence electrons. The number of allylic oxidation sites excluding steroid dienone is 2. The Balaban J connectivity index is 0.00000300. The van der Waals surface area contributed by atoms with Crippen LogP contribution in [-0.2, 0) is 19.1 Å². The molecule has 2 saturated carbocycles. The summed E-state index contributed by atoms with van der Waals surface area (Å²) in [6.07, 6.45) is 8.71. The number of hydrogen-bond acceptors (Lipinski definition) is 5. The third kappa shape index (κ3) is 3.77. The number of carbonyl (C=O) groups is 2. The number of carbonyl (C=O) groups excluding carboxylic acids is 2. The number of aliphatic hydroxyl groups is 1. The largest absolute Gasteiger partial charge is 0.460 e. The molecule has 0 bridgehead atoms. The van der Waals surface area contributed by atoms with Crippen LogP contribution in [0, 0.1) is 22.7 Å². The second-order valence-corrected chi connectivity index (χ2v) is 9.12. The first-order chi connectivity index (χ1) is 13.4. The van der Waals surface area contributed by atoms with Crippen molar-refractivity contribution < 1.29 is 25.6 Å². The van der Waals surface area contributed by atoms with Gasteiger partial charge in [0.15, 0.2) is 0 Å². The first-order valence-electron chi connectivity index (χ1n) is 10.3. The van der Waals surface area contributed by atoms with Crippen LogP contribution in [0.5, 0.6) is 0 Å². The Bertz CT molecular complexity index is 666. The van der Waals surface area contributed by atoms with E-state index in [1.165, 1.54) is 5.57 Å². The molecule has 1 unspecified atom stereocenters. The summed E-state index contributed by atoms with van der Waals surface area (Å²) in [5, 5.41) is 11.8. The van der Waals surface area contributed by atoms with E-state index in [1.807, 2.05) is 6.08 Å². The van der Waals surface area contributed by atoms with E-state index in [1.54, 1.807) is 0 Å². The van der Waals surface area contributed by atoms with E-state index in [-0.39, 0.29) is 43.6 Å². The quantitative estimate of drug-likeness (QED) is 0.228. The van der Waals surface area contributed by atoms with Crippen molar-refractivity contribution in [3.05, 3.63) is 23.8 Å². The van der Waals surface area contributed by atoms with Crippen molar-refractivity contribution in [3.63, 3.8) is 0 Å². The van der Waals surface area contributed by atoms with E-state index in [9.17, 15) is 9.59 Å². The van der Waals surface area contributed by atoms with Crippen LogP contribution in [0.1, 0.15) is 53.8 Å². The predicted octanol–water partition coefficient (Wildman–Crippen LogP) is 2.97. The van der Waals surface area contributed by atoms with Gasteiger partial charge in [0, 0.05) is 1.43 Å². The van der Waals surface area contributed by atoms with Crippen LogP contribution in [0.3, 0.4) is 0 Å². The van der Waals surface area contributed by atoms with Gasteiger partial charge in [-0.3, -0.25) is 4.79 Å². The van der Waals surface area contributed by atoms with Gasteiger partial charge in [0.25, 0.3) is 0 Å². The maximum absolute atomic E-state index is 12.1. The summed E-state index contributed by atoms with van der Waals surface area (Å²) in [6.45, 7) is 9.54. The second-order valence-electron chi connectivity index (χ2n) is 9.12. The van der Waals surface area contributed by atoms with E-state index >= 15 is 0 Å². The highest BCUT2D eigenvalue weighted by molar-refractivity contribution is 5.92. The van der Waals surface area contributed by atoms with Gasteiger partial charge in [-0.05, 0) is 54.8 Å². The van der Waals surface area contributed by atoms with Crippen molar-refractivity contribution in [3.8, 4) is 0 Å². The number of aliphatic hydroxyl groups excluding tert-OH is 1. The van der Waals surface area contributed by atoms with E-state index in [0.29, 0.717) is 24.5 Å². The third-order valence-electron chi connectivity index (χ3n) is 7.50. The van der Waals surface area contributed by atoms with Gasteiger partial charge >= 0.3 is 5.97 Å². The van der Waals surface area contributed by atoms with Gasteiger partial charge in [-0.1, -0.05) is 38.5 Å². The van der Waals surface area contributed by atoms with Gasteiger partial charge in [-0.25, -0.2) is 4.79 Å². The third-order valence-corrected chi connectivity index (χ3v) is 7.50. The van der Waals surface area contributed by atoms with E-state index in [4.69, 9.17) is 14.6 Å². The second kappa shape index (κ2) is 8.37. The molecule has 0 radical (unpaired) electrons. The van der Waals surface area contributed by atoms with E-state index in [0.717, 1.165) is 38.5 Å². The number of rotatable bonds is 7. The summed E-state index contributed by atoms with van der Waals surface area (Å²) in [5.41, 5.74) is 1.91. The minimum atomic E-state index is -0.361. The zero-order valence-electron chi connectivity index (χ0n) is 17.0. The molecule has 1 amide bonds. The van der Waals surface area contributed by atoms with Crippen LogP contribution in [0.4, 0.5) is 0 Å². The zero-order valence-corrected chi connectivity index (χ0v) is 17.0. The average molecular weight is 394 g/mol. The minimum absolute atomic E-state index is 0. The molecular formula is C22H35NO5. The molecule has 1 aliphatic heterocycles. The number of nitrogens with one attached hydrogen (secondary N) is 1. The van der Waals surface area contributed by atoms with Crippen molar-refractivity contribution in [2.45, 2.75) is 58.4 Å². The average Bonchev–Trinajstić information content (AvgIpc) is 2.99. The van der Waals surface area contributed by atoms with Crippen LogP contribution in [0.15, 0.2) is 23.8 Å². The fraction of sp³-hybridized carbons (Fsp3) is 0.727. The van der Waals surface area contributed by atoms with Gasteiger partial charge < -0.3 is 19.9 Å². The molecule has 28 heavy (non-hydrogen) atoms. The first kappa shape index (κ1) is 21.1. The number of ether oxygens (including phenoxy) is 2. The van der Waals surface area contributed by atoms with Gasteiger partial charge in [0.1, 0.15) is 13.4 Å². The molecular weight excluding hydrogens is 358 g/mol. The van der Waals surface area contributed by atoms with E-state index < -0.39 is 0 Å². The molecule has 3 aliphatic rings. The molecule has 3 fully saturated rings. The molecule has 2 aliphatic carbocycles. The van der Waals surface area contributed by atoms with Crippen molar-refractivity contribution in [2.24, 2.45) is 22.7 Å². The number of fused-ring (bicyclic) bond motifs is 1. The molecule has 0 aromatic heterocycles. The Morgan fingerprint density at radius 3 is 2.93 bits per heavy atom. The summed E-state index contributed by atoms with van der Waals surface area (Å²) in [7, 11) is 0. The summed E-state index contributed by atoms with van der Waals surface area (Å²) in [6, 6.07) is -0.361. The lowest BCUT2D eigenvalue weighted by Gasteiger charge is -2.58. The minimum Gasteiger partial charge on any atom is -0.460 e. The van der Waals surface area contributed by atoms with E-state index in [2.05, 4.69) is 25.7 Å². The summed E-state index contributed by atoms with van der Waals surface area (Å²) in [5.74, 6) is 0.415. The van der Waals surface area contributed by atoms with Gasteiger partial charge in [-0.2, -0.15) is 0 Å². The standard InChI is InChI=1S/C22H33NO5.H2/c1-15-5-8-19-21(2,12-27-14-25)9-4-10-22(19,3)17(15)7-6-16-18(23-13-24)11-28-20(16)26;/h6,13,17-19,25H,1,4-5,7-12,14H2,2-3H3,(H,23,24);1H/b16-6+;/t17-,18?,19-,21+,22+;/m1./s1. The van der Waals surface area contributed by atoms with Crippen molar-refractivity contribution in [2.75, 3.05) is 20.0 Å². The zero-order chi connectivity index (χ0) is 20.4. The lowest BCUT2D eigenvalue weighted by molar-refractivity contribution is -0.135. The predicted molar refractivity (Wildman–Crippen MR) is 107 cm³/mol. The first-order valence-corrected chi connectivity index (χ1v) is 10.3. The van der Waals surface area contributed by atoms with Crippen LogP contribution >= 0.6 is 0 Å². The lowest BCUT2D eigenvalue weighted by atomic mass is 9.47. The highest BCUT2D eigenvalue weighted by atomic mass is 16.6. The highest BCUT2D eigenvalue weighted by Gasteiger charge is 2.54. The number of amides is 1. The van der Waals surface area contributed by atoms with Crippen LogP contribution in [-0.4, -0.2) is 43.5 Å². The number of esters is 1. The molecule has 6 heteroatoms. The molecule has 5 atom stereocenters. The highest BCUT2D eigenvalue weighted by Crippen LogP contribution is 2.61. The molecule has 0 aromatic carbocycles. The molecule has 0 aromatic rings. The molecule has 0 spiro atoms. The summed E-state index contributed by atoms with van der Waals surface area (Å²) >= 11 is 0. The van der Waals surface area contributed by atoms with Crippen molar-refractivity contribution in [1.29, 1.82) is 0 Å². The number of hydrogen-bond donors (Lipinski definition) is 2. The smallest absolute Gasteiger partial charge is 0.336 e. The Morgan fingerprint density at radius 2 is 2.21 bits per heavy atom. The summed E-state index contributed by atoms with van der Waals surface area (Å²) < 4.78 is 10.6. The Kier molecular flexibility index (Phi) is 6.30. The monoisotopic (exact) mass is 393 g/mol. The van der Waals surface area contributed by atoms with Gasteiger partial charge in [0.2, 0.25) is 6.41 Å². The van der Waals surface area contributed by atoms with Gasteiger partial charge in [-0.15, -0.1) is 0 Å². The maximum atomic E-state index is 12.1. The van der Waals surface area contributed by atoms with Crippen LogP contribution in [0.25, 0.3) is 0 Å². The fourth-order valence-electron chi connectivity index (χ4n) is 6.14. The lowest BCUT2D eigenvalue weighted by Crippen LogP contribution is -2.52. The Hall–Kier alpha value is -1.66. The Morgan fingerprint density at radius 1 is 1.43 bits per heavy atom. The van der Waals surface area contributed by atoms with Gasteiger partial charge in [0.05, 0.1) is 18.2 Å². The normalized spacial score (nSPS) is 39.5. The fourth-order valence-corrected chi connectivity index (χ4v) is 6.14. The van der Waals surface area contributed by atoms with Crippen LogP contribution in [0.2, 0.25) is 0 Å². The molecule has 6 nitrogen and oxygen atoms in total. The number of cyclic esters (lactones) is 1. The van der Waals surface area contributed by atoms with Crippen molar-refractivity contribution in [1.82, 2.24) is 5.32 Å². The molecule has 2 N–H and O–H groups in total. The Labute approximate surface area is 168 Å². The maximum Gasteiger partial charge on any atom is 0.336 e. The molecule has 1 heterocycles. The summed E-state index contributed by atoms with van der Waals surface area (Å²) in [4.78, 5) is 22.9. The SMILES string of the molecule is C=C1CC[C@@H]2[C@](C)(COCO)CCC[C@@]2(C)[C@@H]1C/C=C1/C(=O)OCC1NC=O.[HH]. The topological polar surface area (TPSA) is 84.9 Å². The van der Waals surface area contributed by atoms with Crippen LogP contribution < -0.4 is 5.32 Å². The molecule has 3 rings (SSSR count). The van der Waals surface area contributed by atoms with Crippen molar-refractivity contribution >= 4 is 12.4 Å².